The van der Waals surface area contributed by atoms with Gasteiger partial charge >= 0.3 is 0 Å². The van der Waals surface area contributed by atoms with Crippen molar-refractivity contribution in [3.8, 4) is 11.5 Å². The predicted octanol–water partition coefficient (Wildman–Crippen LogP) is 6.89. The molecule has 0 aromatic heterocycles. The van der Waals surface area contributed by atoms with E-state index < -0.39 is 0 Å². The van der Waals surface area contributed by atoms with Crippen molar-refractivity contribution >= 4 is 11.6 Å². The van der Waals surface area contributed by atoms with E-state index in [0.29, 0.717) is 17.2 Å². The van der Waals surface area contributed by atoms with Crippen molar-refractivity contribution in [1.82, 2.24) is 0 Å². The quantitative estimate of drug-likeness (QED) is 0.404. The highest BCUT2D eigenvalue weighted by molar-refractivity contribution is 6.00. The Morgan fingerprint density at radius 2 is 1.87 bits per heavy atom. The maximum absolute atomic E-state index is 12.3. The van der Waals surface area contributed by atoms with Gasteiger partial charge < -0.3 is 14.8 Å². The van der Waals surface area contributed by atoms with Crippen LogP contribution in [0.5, 0.6) is 11.5 Å². The zero-order valence-electron chi connectivity index (χ0n) is 19.2. The highest BCUT2D eigenvalue weighted by Crippen LogP contribution is 2.40. The van der Waals surface area contributed by atoms with Crippen molar-refractivity contribution in [2.45, 2.75) is 53.9 Å². The Morgan fingerprint density at radius 1 is 1.10 bits per heavy atom. The maximum Gasteiger partial charge on any atom is 0.248 e. The fourth-order valence-electron chi connectivity index (χ4n) is 4.04. The average molecular weight is 420 g/mol. The van der Waals surface area contributed by atoms with Gasteiger partial charge in [0.15, 0.2) is 11.5 Å². The molecule has 0 unspecified atom stereocenters. The van der Waals surface area contributed by atoms with Crippen LogP contribution in [0.15, 0.2) is 76.9 Å². The van der Waals surface area contributed by atoms with E-state index in [0.717, 1.165) is 5.57 Å². The third-order valence-electron chi connectivity index (χ3n) is 5.77. The summed E-state index contributed by atoms with van der Waals surface area (Å²) in [5, 5.41) is 2.85. The zero-order valence-corrected chi connectivity index (χ0v) is 19.2. The van der Waals surface area contributed by atoms with Crippen LogP contribution in [0.4, 0.5) is 5.69 Å². The summed E-state index contributed by atoms with van der Waals surface area (Å²) in [6.45, 7) is 11.1. The Morgan fingerprint density at radius 3 is 2.65 bits per heavy atom. The largest absolute Gasteiger partial charge is 0.454 e. The van der Waals surface area contributed by atoms with Crippen molar-refractivity contribution in [2.75, 3.05) is 12.1 Å². The van der Waals surface area contributed by atoms with Crippen LogP contribution < -0.4 is 14.8 Å². The zero-order chi connectivity index (χ0) is 22.4. The molecule has 1 aromatic carbocycles. The summed E-state index contributed by atoms with van der Waals surface area (Å²) in [5.74, 6) is 1.17. The molecule has 0 radical (unpaired) electrons. The molecule has 0 fully saturated rings. The molecular formula is C27H33NO3. The molecule has 164 valence electrons. The average Bonchev–Trinajstić information content (AvgIpc) is 3.14. The minimum Gasteiger partial charge on any atom is -0.454 e. The maximum atomic E-state index is 12.3. The van der Waals surface area contributed by atoms with Gasteiger partial charge in [-0.15, -0.1) is 0 Å². The topological polar surface area (TPSA) is 47.6 Å². The number of rotatable bonds is 6. The second-order valence-electron chi connectivity index (χ2n) is 8.98. The van der Waals surface area contributed by atoms with Gasteiger partial charge in [0.1, 0.15) is 0 Å². The van der Waals surface area contributed by atoms with Gasteiger partial charge in [0, 0.05) is 17.8 Å². The lowest BCUT2D eigenvalue weighted by molar-refractivity contribution is -0.111. The molecule has 4 heteroatoms. The Labute approximate surface area is 186 Å². The molecular weight excluding hydrogens is 386 g/mol. The van der Waals surface area contributed by atoms with Crippen LogP contribution in [0, 0.1) is 5.41 Å². The normalized spacial score (nSPS) is 18.9. The predicted molar refractivity (Wildman–Crippen MR) is 127 cm³/mol. The SMILES string of the molecule is CC1=C(/C=C/C(C)=C\C=C\C(C)=C\C(=O)Nc2ccc3c(c2)OCO3)C(C)(C)CCC1. The van der Waals surface area contributed by atoms with Crippen LogP contribution >= 0.6 is 0 Å². The number of nitrogens with one attached hydrogen (secondary N) is 1. The summed E-state index contributed by atoms with van der Waals surface area (Å²) in [5.41, 5.74) is 5.95. The Kier molecular flexibility index (Phi) is 7.21. The summed E-state index contributed by atoms with van der Waals surface area (Å²) >= 11 is 0. The summed E-state index contributed by atoms with van der Waals surface area (Å²) in [6.07, 6.45) is 15.7. The summed E-state index contributed by atoms with van der Waals surface area (Å²) in [6, 6.07) is 5.36. The van der Waals surface area contributed by atoms with Gasteiger partial charge in [0.25, 0.3) is 0 Å². The molecule has 1 aliphatic carbocycles. The minimum atomic E-state index is -0.177. The van der Waals surface area contributed by atoms with Crippen molar-refractivity contribution < 1.29 is 14.3 Å². The lowest BCUT2D eigenvalue weighted by Crippen LogP contribution is -2.19. The standard InChI is InChI=1S/C27H33NO3/c1-19(11-13-23-21(3)10-7-15-27(23,4)5)8-6-9-20(2)16-26(29)28-22-12-14-24-25(17-22)31-18-30-24/h6,8-9,11-14,16-17H,7,10,15,18H2,1-5H3,(H,28,29)/b9-6+,13-11+,19-8-,20-16+. The van der Waals surface area contributed by atoms with E-state index in [4.69, 9.17) is 9.47 Å². The summed E-state index contributed by atoms with van der Waals surface area (Å²) in [4.78, 5) is 12.3. The van der Waals surface area contributed by atoms with Crippen molar-refractivity contribution in [3.05, 3.63) is 76.9 Å². The number of fused-ring (bicyclic) bond motifs is 1. The van der Waals surface area contributed by atoms with Crippen LogP contribution in [0.1, 0.15) is 53.9 Å². The Balaban J connectivity index is 1.57. The molecule has 31 heavy (non-hydrogen) atoms. The number of carbonyl (C=O) groups is 1. The smallest absolute Gasteiger partial charge is 0.248 e. The molecule has 0 spiro atoms. The van der Waals surface area contributed by atoms with Crippen LogP contribution in [-0.4, -0.2) is 12.7 Å². The van der Waals surface area contributed by atoms with Crippen LogP contribution in [-0.2, 0) is 4.79 Å². The first-order chi connectivity index (χ1) is 14.7. The lowest BCUT2D eigenvalue weighted by Gasteiger charge is -2.32. The molecule has 1 aromatic rings. The number of ether oxygens (including phenoxy) is 2. The fourth-order valence-corrected chi connectivity index (χ4v) is 4.04. The van der Waals surface area contributed by atoms with E-state index in [2.05, 4.69) is 51.2 Å². The molecule has 4 nitrogen and oxygen atoms in total. The molecule has 1 heterocycles. The van der Waals surface area contributed by atoms with E-state index in [-0.39, 0.29) is 18.1 Å². The number of anilines is 1. The van der Waals surface area contributed by atoms with Gasteiger partial charge in [-0.25, -0.2) is 0 Å². The van der Waals surface area contributed by atoms with Crippen molar-refractivity contribution in [1.29, 1.82) is 0 Å². The Bertz CT molecular complexity index is 990. The van der Waals surface area contributed by atoms with Crippen LogP contribution in [0.3, 0.4) is 0 Å². The van der Waals surface area contributed by atoms with Gasteiger partial charge in [-0.3, -0.25) is 4.79 Å². The number of benzene rings is 1. The fraction of sp³-hybridized carbons (Fsp3) is 0.370. The van der Waals surface area contributed by atoms with Gasteiger partial charge in [0.05, 0.1) is 0 Å². The van der Waals surface area contributed by atoms with Crippen molar-refractivity contribution in [3.63, 3.8) is 0 Å². The highest BCUT2D eigenvalue weighted by Gasteiger charge is 2.26. The molecule has 0 saturated heterocycles. The van der Waals surface area contributed by atoms with Crippen molar-refractivity contribution in [2.24, 2.45) is 5.41 Å². The number of carbonyl (C=O) groups excluding carboxylic acids is 1. The third kappa shape index (κ3) is 6.24. The van der Waals surface area contributed by atoms with E-state index >= 15 is 0 Å². The van der Waals surface area contributed by atoms with Gasteiger partial charge in [-0.1, -0.05) is 55.4 Å². The van der Waals surface area contributed by atoms with E-state index in [1.54, 1.807) is 24.3 Å². The lowest BCUT2D eigenvalue weighted by atomic mass is 9.72. The second kappa shape index (κ2) is 9.86. The number of allylic oxidation sites excluding steroid dienone is 9. The van der Waals surface area contributed by atoms with E-state index in [1.165, 1.54) is 36.0 Å². The first-order valence-electron chi connectivity index (χ1n) is 10.9. The molecule has 3 rings (SSSR count). The van der Waals surface area contributed by atoms with E-state index in [9.17, 15) is 4.79 Å². The van der Waals surface area contributed by atoms with Gasteiger partial charge in [-0.2, -0.15) is 0 Å². The van der Waals surface area contributed by atoms with Crippen LogP contribution in [0.25, 0.3) is 0 Å². The molecule has 0 bridgehead atoms. The molecule has 1 amide bonds. The molecule has 1 aliphatic heterocycles. The molecule has 0 saturated carbocycles. The number of hydrogen-bond acceptors (Lipinski definition) is 3. The van der Waals surface area contributed by atoms with Crippen LogP contribution in [0.2, 0.25) is 0 Å². The monoisotopic (exact) mass is 419 g/mol. The molecule has 0 atom stereocenters. The second-order valence-corrected chi connectivity index (χ2v) is 8.98. The summed E-state index contributed by atoms with van der Waals surface area (Å²) in [7, 11) is 0. The third-order valence-corrected chi connectivity index (χ3v) is 5.77. The first kappa shape index (κ1) is 22.7. The summed E-state index contributed by atoms with van der Waals surface area (Å²) < 4.78 is 10.6. The minimum absolute atomic E-state index is 0.177. The van der Waals surface area contributed by atoms with Gasteiger partial charge in [0.2, 0.25) is 12.7 Å². The van der Waals surface area contributed by atoms with Gasteiger partial charge in [-0.05, 0) is 68.7 Å². The first-order valence-corrected chi connectivity index (χ1v) is 10.9. The highest BCUT2D eigenvalue weighted by atomic mass is 16.7. The Hall–Kier alpha value is -3.01. The number of hydrogen-bond donors (Lipinski definition) is 1. The van der Waals surface area contributed by atoms with E-state index in [1.807, 2.05) is 19.1 Å². The molecule has 1 N–H and O–H groups in total. The molecule has 2 aliphatic rings. The number of amides is 1.